The smallest absolute Gasteiger partial charge is 0.244 e. The van der Waals surface area contributed by atoms with Gasteiger partial charge in [-0.1, -0.05) is 24.3 Å². The number of amides is 1. The molecule has 0 saturated heterocycles. The van der Waals surface area contributed by atoms with Crippen LogP contribution in [0.5, 0.6) is 0 Å². The maximum Gasteiger partial charge on any atom is 0.244 e. The van der Waals surface area contributed by atoms with E-state index in [0.717, 1.165) is 17.6 Å². The number of aryl methyl sites for hydroxylation is 1. The minimum absolute atomic E-state index is 0.320. The van der Waals surface area contributed by atoms with Gasteiger partial charge in [-0.25, -0.2) is 17.8 Å². The second-order valence-electron chi connectivity index (χ2n) is 5.93. The number of anilines is 1. The molecule has 27 heavy (non-hydrogen) atoms. The molecule has 0 unspecified atom stereocenters. The molecule has 142 valence electrons. The number of carbonyl (C=O) groups excluding carboxylic acids is 1. The zero-order valence-electron chi connectivity index (χ0n) is 14.8. The van der Waals surface area contributed by atoms with E-state index in [1.165, 1.54) is 19.1 Å². The minimum Gasteiger partial charge on any atom is -0.310 e. The average Bonchev–Trinajstić information content (AvgIpc) is 2.98. The van der Waals surface area contributed by atoms with Crippen molar-refractivity contribution in [2.24, 2.45) is 0 Å². The number of aromatic nitrogens is 2. The first-order chi connectivity index (χ1) is 12.8. The van der Waals surface area contributed by atoms with Crippen LogP contribution in [0.25, 0.3) is 11.0 Å². The molecule has 0 bridgehead atoms. The molecular formula is C18H19FN4O3S. The highest BCUT2D eigenvalue weighted by molar-refractivity contribution is 7.89. The molecule has 0 aliphatic carbocycles. The molecule has 2 aromatic carbocycles. The maximum atomic E-state index is 13.8. The molecule has 0 saturated carbocycles. The number of fused-ring (bicyclic) bond motifs is 1. The van der Waals surface area contributed by atoms with E-state index < -0.39 is 32.7 Å². The van der Waals surface area contributed by atoms with E-state index in [0.29, 0.717) is 18.0 Å². The van der Waals surface area contributed by atoms with Gasteiger partial charge in [-0.2, -0.15) is 4.72 Å². The highest BCUT2D eigenvalue weighted by atomic mass is 32.2. The molecule has 7 nitrogen and oxygen atoms in total. The van der Waals surface area contributed by atoms with Gasteiger partial charge in [0.1, 0.15) is 10.7 Å². The van der Waals surface area contributed by atoms with Crippen LogP contribution in [0.15, 0.2) is 53.4 Å². The van der Waals surface area contributed by atoms with Crippen LogP contribution in [0.1, 0.15) is 13.8 Å². The number of nitrogens with one attached hydrogen (secondary N) is 2. The lowest BCUT2D eigenvalue weighted by molar-refractivity contribution is -0.117. The van der Waals surface area contributed by atoms with Crippen molar-refractivity contribution >= 4 is 32.9 Å². The highest BCUT2D eigenvalue weighted by Crippen LogP contribution is 2.20. The zero-order valence-corrected chi connectivity index (χ0v) is 15.6. The topological polar surface area (TPSA) is 93.1 Å². The summed E-state index contributed by atoms with van der Waals surface area (Å²) in [7, 11) is -4.18. The maximum absolute atomic E-state index is 13.8. The first kappa shape index (κ1) is 19.0. The lowest BCUT2D eigenvalue weighted by atomic mass is 10.3. The third-order valence-electron chi connectivity index (χ3n) is 4.06. The molecular weight excluding hydrogens is 371 g/mol. The van der Waals surface area contributed by atoms with E-state index >= 15 is 0 Å². The van der Waals surface area contributed by atoms with Crippen molar-refractivity contribution < 1.29 is 17.6 Å². The van der Waals surface area contributed by atoms with Gasteiger partial charge in [0.2, 0.25) is 21.9 Å². The van der Waals surface area contributed by atoms with Crippen molar-refractivity contribution in [3.8, 4) is 0 Å². The van der Waals surface area contributed by atoms with Gasteiger partial charge in [-0.15, -0.1) is 0 Å². The lowest BCUT2D eigenvalue weighted by Crippen LogP contribution is -2.42. The summed E-state index contributed by atoms with van der Waals surface area (Å²) in [5, 5.41) is 2.63. The molecule has 1 aromatic heterocycles. The first-order valence-electron chi connectivity index (χ1n) is 8.36. The van der Waals surface area contributed by atoms with Crippen molar-refractivity contribution in [3.63, 3.8) is 0 Å². The number of rotatable bonds is 6. The van der Waals surface area contributed by atoms with Crippen molar-refractivity contribution in [1.82, 2.24) is 14.3 Å². The summed E-state index contributed by atoms with van der Waals surface area (Å²) < 4.78 is 42.4. The number of sulfonamides is 1. The van der Waals surface area contributed by atoms with Gasteiger partial charge in [0, 0.05) is 6.54 Å². The van der Waals surface area contributed by atoms with Crippen molar-refractivity contribution in [2.75, 3.05) is 5.32 Å². The second kappa shape index (κ2) is 7.45. The van der Waals surface area contributed by atoms with E-state index in [9.17, 15) is 17.6 Å². The normalized spacial score (nSPS) is 12.9. The van der Waals surface area contributed by atoms with Crippen molar-refractivity contribution in [2.45, 2.75) is 31.3 Å². The Morgan fingerprint density at radius 2 is 1.85 bits per heavy atom. The van der Waals surface area contributed by atoms with Crippen LogP contribution < -0.4 is 10.0 Å². The van der Waals surface area contributed by atoms with Gasteiger partial charge in [0.15, 0.2) is 0 Å². The van der Waals surface area contributed by atoms with Crippen LogP contribution in [-0.2, 0) is 21.4 Å². The number of hydrogen-bond donors (Lipinski definition) is 2. The van der Waals surface area contributed by atoms with Gasteiger partial charge >= 0.3 is 0 Å². The molecule has 2 N–H and O–H groups in total. The third kappa shape index (κ3) is 3.83. The van der Waals surface area contributed by atoms with E-state index in [1.54, 1.807) is 0 Å². The van der Waals surface area contributed by atoms with Crippen molar-refractivity contribution in [1.29, 1.82) is 0 Å². The summed E-state index contributed by atoms with van der Waals surface area (Å²) in [6.07, 6.45) is 0. The largest absolute Gasteiger partial charge is 0.310 e. The zero-order chi connectivity index (χ0) is 19.6. The number of hydrogen-bond acceptors (Lipinski definition) is 4. The number of nitrogens with zero attached hydrogens (tertiary/aromatic N) is 2. The fraction of sp³-hybridized carbons (Fsp3) is 0.222. The lowest BCUT2D eigenvalue weighted by Gasteiger charge is -2.15. The highest BCUT2D eigenvalue weighted by Gasteiger charge is 2.25. The molecule has 3 aromatic rings. The summed E-state index contributed by atoms with van der Waals surface area (Å²) in [4.78, 5) is 16.3. The van der Waals surface area contributed by atoms with E-state index in [4.69, 9.17) is 0 Å². The molecule has 0 fully saturated rings. The van der Waals surface area contributed by atoms with Gasteiger partial charge in [0.05, 0.1) is 17.1 Å². The van der Waals surface area contributed by atoms with Gasteiger partial charge in [-0.05, 0) is 38.1 Å². The van der Waals surface area contributed by atoms with Crippen LogP contribution in [0.4, 0.5) is 10.3 Å². The predicted molar refractivity (Wildman–Crippen MR) is 100 cm³/mol. The Morgan fingerprint density at radius 3 is 2.56 bits per heavy atom. The Kier molecular flexibility index (Phi) is 5.24. The van der Waals surface area contributed by atoms with Gasteiger partial charge in [-0.3, -0.25) is 10.1 Å². The van der Waals surface area contributed by atoms with Crippen LogP contribution in [0.3, 0.4) is 0 Å². The van der Waals surface area contributed by atoms with E-state index in [2.05, 4.69) is 15.0 Å². The van der Waals surface area contributed by atoms with Crippen LogP contribution in [-0.4, -0.2) is 29.9 Å². The van der Waals surface area contributed by atoms with Crippen LogP contribution in [0.2, 0.25) is 0 Å². The standard InChI is InChI=1S/C18H19FN4O3S/c1-3-23-15-10-6-5-9-14(15)20-18(23)21-17(24)12(2)22-27(25,26)16-11-7-4-8-13(16)19/h4-12,22H,3H2,1-2H3,(H,20,21,24)/t12-/m1/s1. The predicted octanol–water partition coefficient (Wildman–Crippen LogP) is 2.50. The Morgan fingerprint density at radius 1 is 1.19 bits per heavy atom. The number of halogens is 1. The summed E-state index contributed by atoms with van der Waals surface area (Å²) in [6.45, 7) is 3.87. The second-order valence-corrected chi connectivity index (χ2v) is 7.61. The van der Waals surface area contributed by atoms with Gasteiger partial charge in [0.25, 0.3) is 0 Å². The summed E-state index contributed by atoms with van der Waals surface area (Å²) in [6, 6.07) is 11.3. The number of carbonyl (C=O) groups is 1. The van der Waals surface area contributed by atoms with Crippen LogP contribution in [0, 0.1) is 5.82 Å². The molecule has 1 amide bonds. The van der Waals surface area contributed by atoms with Gasteiger partial charge < -0.3 is 4.57 Å². The number of para-hydroxylation sites is 2. The molecule has 0 radical (unpaired) electrons. The third-order valence-corrected chi connectivity index (χ3v) is 5.63. The number of benzene rings is 2. The Labute approximate surface area is 156 Å². The fourth-order valence-electron chi connectivity index (χ4n) is 2.72. The van der Waals surface area contributed by atoms with E-state index in [1.807, 2.05) is 35.8 Å². The number of imidazole rings is 1. The molecule has 0 spiro atoms. The monoisotopic (exact) mass is 390 g/mol. The summed E-state index contributed by atoms with van der Waals surface area (Å²) in [5.74, 6) is -1.16. The summed E-state index contributed by atoms with van der Waals surface area (Å²) >= 11 is 0. The van der Waals surface area contributed by atoms with E-state index in [-0.39, 0.29) is 0 Å². The first-order valence-corrected chi connectivity index (χ1v) is 9.85. The molecule has 0 aliphatic heterocycles. The quantitative estimate of drug-likeness (QED) is 0.676. The Hall–Kier alpha value is -2.78. The molecule has 9 heteroatoms. The SMILES string of the molecule is CCn1c(NC(=O)[C@@H](C)NS(=O)(=O)c2ccccc2F)nc2ccccc21. The molecule has 1 heterocycles. The Bertz CT molecular complexity index is 1090. The van der Waals surface area contributed by atoms with Crippen LogP contribution >= 0.6 is 0 Å². The molecule has 1 atom stereocenters. The minimum atomic E-state index is -4.18. The summed E-state index contributed by atoms with van der Waals surface area (Å²) in [5.41, 5.74) is 1.57. The molecule has 3 rings (SSSR count). The molecule has 0 aliphatic rings. The van der Waals surface area contributed by atoms with Crippen molar-refractivity contribution in [3.05, 3.63) is 54.3 Å². The fourth-order valence-corrected chi connectivity index (χ4v) is 4.00. The Balaban J connectivity index is 1.80. The average molecular weight is 390 g/mol.